The van der Waals surface area contributed by atoms with Crippen LogP contribution < -0.4 is 0 Å². The molecule has 0 atom stereocenters. The zero-order chi connectivity index (χ0) is 23.9. The van der Waals surface area contributed by atoms with Gasteiger partial charge < -0.3 is 9.47 Å². The molecule has 0 fully saturated rings. The first-order valence-corrected chi connectivity index (χ1v) is 9.91. The topological polar surface area (TPSA) is 86.7 Å². The highest BCUT2D eigenvalue weighted by atomic mass is 19.4. The van der Waals surface area contributed by atoms with Gasteiger partial charge in [-0.1, -0.05) is 24.3 Å². The molecular formula is C25H9F3O6. The molecule has 0 aliphatic carbocycles. The van der Waals surface area contributed by atoms with Crippen LogP contribution in [0.4, 0.5) is 13.2 Å². The van der Waals surface area contributed by atoms with E-state index in [2.05, 4.69) is 4.74 Å². The summed E-state index contributed by atoms with van der Waals surface area (Å²) in [5, 5.41) is 1.09. The zero-order valence-electron chi connectivity index (χ0n) is 16.8. The fourth-order valence-corrected chi connectivity index (χ4v) is 4.50. The van der Waals surface area contributed by atoms with Crippen molar-refractivity contribution in [3.05, 3.63) is 82.4 Å². The van der Waals surface area contributed by atoms with Crippen molar-refractivity contribution in [2.75, 3.05) is 0 Å². The van der Waals surface area contributed by atoms with Crippen LogP contribution in [0.3, 0.4) is 0 Å². The van der Waals surface area contributed by atoms with E-state index in [0.29, 0.717) is 10.8 Å². The molecule has 34 heavy (non-hydrogen) atoms. The smallest absolute Gasteiger partial charge is 0.386 e. The number of hydrogen-bond donors (Lipinski definition) is 0. The van der Waals surface area contributed by atoms with Crippen LogP contribution in [0.2, 0.25) is 0 Å². The molecule has 9 heteroatoms. The lowest BCUT2D eigenvalue weighted by Crippen LogP contribution is -2.07. The number of halogens is 3. The molecule has 0 bridgehead atoms. The van der Waals surface area contributed by atoms with E-state index in [0.717, 1.165) is 18.2 Å². The van der Waals surface area contributed by atoms with Crippen LogP contribution >= 0.6 is 0 Å². The second-order valence-corrected chi connectivity index (χ2v) is 7.89. The van der Waals surface area contributed by atoms with Crippen LogP contribution in [0.1, 0.15) is 47.0 Å². The van der Waals surface area contributed by atoms with Crippen LogP contribution in [-0.2, 0) is 15.7 Å². The molecule has 0 unspecified atom stereocenters. The van der Waals surface area contributed by atoms with Gasteiger partial charge in [-0.3, -0.25) is 0 Å². The lowest BCUT2D eigenvalue weighted by atomic mass is 9.86. The monoisotopic (exact) mass is 462 g/mol. The largest absolute Gasteiger partial charge is 0.416 e. The Morgan fingerprint density at radius 3 is 1.91 bits per heavy atom. The van der Waals surface area contributed by atoms with Crippen LogP contribution in [0.25, 0.3) is 32.7 Å². The summed E-state index contributed by atoms with van der Waals surface area (Å²) in [6.07, 6.45) is -4.76. The molecule has 0 aromatic heterocycles. The summed E-state index contributed by atoms with van der Waals surface area (Å²) in [6, 6.07) is 12.2. The zero-order valence-corrected chi connectivity index (χ0v) is 16.8. The number of hydrogen-bond acceptors (Lipinski definition) is 6. The molecule has 0 saturated heterocycles. The highest BCUT2D eigenvalue weighted by molar-refractivity contribution is 6.25. The maximum atomic E-state index is 13.9. The Morgan fingerprint density at radius 1 is 0.559 bits per heavy atom. The summed E-state index contributed by atoms with van der Waals surface area (Å²) in [6.45, 7) is 0. The van der Waals surface area contributed by atoms with Crippen molar-refractivity contribution in [3.63, 3.8) is 0 Å². The third-order valence-corrected chi connectivity index (χ3v) is 5.97. The predicted molar refractivity (Wildman–Crippen MR) is 111 cm³/mol. The van der Waals surface area contributed by atoms with Crippen molar-refractivity contribution in [2.24, 2.45) is 0 Å². The first kappa shape index (κ1) is 20.1. The Balaban J connectivity index is 1.82. The molecule has 4 aromatic carbocycles. The van der Waals surface area contributed by atoms with Crippen LogP contribution in [-0.4, -0.2) is 23.9 Å². The van der Waals surface area contributed by atoms with Gasteiger partial charge in [0.05, 0.1) is 27.8 Å². The molecule has 0 saturated carbocycles. The molecule has 2 aliphatic heterocycles. The van der Waals surface area contributed by atoms with Crippen molar-refractivity contribution in [1.29, 1.82) is 0 Å². The van der Waals surface area contributed by atoms with Gasteiger partial charge >= 0.3 is 30.1 Å². The van der Waals surface area contributed by atoms with Gasteiger partial charge in [-0.15, -0.1) is 0 Å². The van der Waals surface area contributed by atoms with Gasteiger partial charge in [-0.2, -0.15) is 13.2 Å². The maximum Gasteiger partial charge on any atom is 0.416 e. The van der Waals surface area contributed by atoms with Crippen molar-refractivity contribution in [1.82, 2.24) is 0 Å². The van der Waals surface area contributed by atoms with Crippen LogP contribution in [0.15, 0.2) is 54.6 Å². The van der Waals surface area contributed by atoms with Gasteiger partial charge in [0.25, 0.3) is 0 Å². The molecule has 6 rings (SSSR count). The van der Waals surface area contributed by atoms with Crippen molar-refractivity contribution < 1.29 is 41.8 Å². The summed E-state index contributed by atoms with van der Waals surface area (Å²) < 4.78 is 50.9. The van der Waals surface area contributed by atoms with Crippen molar-refractivity contribution in [3.8, 4) is 11.1 Å². The number of ether oxygens (including phenoxy) is 2. The van der Waals surface area contributed by atoms with E-state index in [1.54, 1.807) is 24.3 Å². The SMILES string of the molecule is O=C1OC(=O)c2cc3c(-c4c5c(cc6ccccc46)C(=O)OC5=O)cc(C(F)(F)F)cc3cc21. The van der Waals surface area contributed by atoms with Crippen molar-refractivity contribution in [2.45, 2.75) is 6.18 Å². The van der Waals surface area contributed by atoms with E-state index in [9.17, 15) is 32.3 Å². The average Bonchev–Trinajstić information content (AvgIpc) is 3.23. The van der Waals surface area contributed by atoms with Crippen LogP contribution in [0.5, 0.6) is 0 Å². The average molecular weight is 462 g/mol. The molecule has 0 radical (unpaired) electrons. The maximum absolute atomic E-state index is 13.9. The van der Waals surface area contributed by atoms with E-state index >= 15 is 0 Å². The molecule has 166 valence electrons. The normalized spacial score (nSPS) is 15.0. The summed E-state index contributed by atoms with van der Waals surface area (Å²) in [7, 11) is 0. The van der Waals surface area contributed by atoms with E-state index < -0.39 is 35.6 Å². The first-order valence-electron chi connectivity index (χ1n) is 9.91. The third-order valence-electron chi connectivity index (χ3n) is 5.97. The molecule has 6 nitrogen and oxygen atoms in total. The van der Waals surface area contributed by atoms with Gasteiger partial charge in [0, 0.05) is 5.56 Å². The highest BCUT2D eigenvalue weighted by Crippen LogP contribution is 2.44. The lowest BCUT2D eigenvalue weighted by Gasteiger charge is -2.17. The Bertz CT molecular complexity index is 1670. The number of carbonyl (C=O) groups is 4. The fourth-order valence-electron chi connectivity index (χ4n) is 4.50. The second kappa shape index (κ2) is 6.50. The number of cyclic esters (lactones) is 4. The standard InChI is InChI=1S/C25H9F3O6/c26-25(27,28)12-5-11-7-16-17(22(30)33-21(16)29)9-14(11)15(8-12)19-13-4-2-1-3-10(13)6-18-20(19)24(32)34-23(18)31/h1-9H. The Morgan fingerprint density at radius 2 is 1.18 bits per heavy atom. The molecular weight excluding hydrogens is 453 g/mol. The lowest BCUT2D eigenvalue weighted by molar-refractivity contribution is -0.137. The summed E-state index contributed by atoms with van der Waals surface area (Å²) >= 11 is 0. The third kappa shape index (κ3) is 2.70. The molecule has 4 aromatic rings. The number of rotatable bonds is 1. The van der Waals surface area contributed by atoms with E-state index in [1.165, 1.54) is 12.1 Å². The van der Waals surface area contributed by atoms with Gasteiger partial charge in [0.15, 0.2) is 0 Å². The summed E-state index contributed by atoms with van der Waals surface area (Å²) in [5.41, 5.74) is -1.50. The Kier molecular flexibility index (Phi) is 3.85. The number of alkyl halides is 3. The molecule has 0 spiro atoms. The summed E-state index contributed by atoms with van der Waals surface area (Å²) in [5.74, 6) is -3.77. The minimum atomic E-state index is -4.76. The number of benzene rings is 4. The Labute approximate surface area is 187 Å². The fraction of sp³-hybridized carbons (Fsp3) is 0.0400. The van der Waals surface area contributed by atoms with Crippen LogP contribution in [0, 0.1) is 0 Å². The molecule has 2 heterocycles. The second-order valence-electron chi connectivity index (χ2n) is 7.89. The van der Waals surface area contributed by atoms with E-state index in [-0.39, 0.29) is 44.2 Å². The number of fused-ring (bicyclic) bond motifs is 4. The molecule has 2 aliphatic rings. The Hall–Kier alpha value is -4.53. The van der Waals surface area contributed by atoms with Crippen molar-refractivity contribution >= 4 is 45.4 Å². The highest BCUT2D eigenvalue weighted by Gasteiger charge is 2.38. The van der Waals surface area contributed by atoms with Gasteiger partial charge in [0.1, 0.15) is 0 Å². The van der Waals surface area contributed by atoms with Gasteiger partial charge in [0.2, 0.25) is 0 Å². The minimum absolute atomic E-state index is 0.00889. The number of carbonyl (C=O) groups excluding carboxylic acids is 4. The molecule has 0 amide bonds. The van der Waals surface area contributed by atoms with E-state index in [4.69, 9.17) is 4.74 Å². The van der Waals surface area contributed by atoms with Gasteiger partial charge in [-0.05, 0) is 57.4 Å². The minimum Gasteiger partial charge on any atom is -0.386 e. The summed E-state index contributed by atoms with van der Waals surface area (Å²) in [4.78, 5) is 49.1. The molecule has 0 N–H and O–H groups in total. The first-order chi connectivity index (χ1) is 16.1. The number of esters is 4. The quantitative estimate of drug-likeness (QED) is 0.282. The van der Waals surface area contributed by atoms with E-state index in [1.807, 2.05) is 0 Å². The predicted octanol–water partition coefficient (Wildman–Crippen LogP) is 5.30. The van der Waals surface area contributed by atoms with Gasteiger partial charge in [-0.25, -0.2) is 19.2 Å².